The van der Waals surface area contributed by atoms with E-state index in [2.05, 4.69) is 13.8 Å². The zero-order valence-electron chi connectivity index (χ0n) is 16.6. The van der Waals surface area contributed by atoms with E-state index in [4.69, 9.17) is 9.47 Å². The van der Waals surface area contributed by atoms with E-state index in [-0.39, 0.29) is 17.0 Å². The summed E-state index contributed by atoms with van der Waals surface area (Å²) in [5, 5.41) is 0. The predicted molar refractivity (Wildman–Crippen MR) is 112 cm³/mol. The number of benzene rings is 3. The van der Waals surface area contributed by atoms with Gasteiger partial charge in [-0.25, -0.2) is 8.78 Å². The Bertz CT molecular complexity index is 948. The SMILES string of the molecule is CC(C)(/C=C\c1ccc(F)cc1)COCc1ccc(F)c(Oc2ccccc2)c1. The first-order valence-electron chi connectivity index (χ1n) is 9.45. The minimum absolute atomic E-state index is 0.174. The quantitative estimate of drug-likeness (QED) is 0.409. The second kappa shape index (κ2) is 9.48. The summed E-state index contributed by atoms with van der Waals surface area (Å²) < 4.78 is 38.5. The van der Waals surface area contributed by atoms with Gasteiger partial charge < -0.3 is 9.47 Å². The Hall–Kier alpha value is -2.98. The number of hydrogen-bond acceptors (Lipinski definition) is 2. The highest BCUT2D eigenvalue weighted by atomic mass is 19.1. The van der Waals surface area contributed by atoms with Crippen LogP contribution in [-0.4, -0.2) is 6.61 Å². The molecular weight excluding hydrogens is 370 g/mol. The van der Waals surface area contributed by atoms with Crippen molar-refractivity contribution in [3.8, 4) is 11.5 Å². The van der Waals surface area contributed by atoms with Crippen LogP contribution >= 0.6 is 0 Å². The van der Waals surface area contributed by atoms with Crippen LogP contribution in [0.5, 0.6) is 11.5 Å². The molecule has 0 N–H and O–H groups in total. The molecule has 0 aliphatic heterocycles. The zero-order chi connectivity index (χ0) is 20.7. The summed E-state index contributed by atoms with van der Waals surface area (Å²) in [6.07, 6.45) is 3.99. The number of para-hydroxylation sites is 1. The third-order valence-electron chi connectivity index (χ3n) is 4.31. The topological polar surface area (TPSA) is 18.5 Å². The predicted octanol–water partition coefficient (Wildman–Crippen LogP) is 7.01. The molecule has 3 rings (SSSR count). The zero-order valence-corrected chi connectivity index (χ0v) is 16.6. The molecule has 0 aromatic heterocycles. The number of halogens is 2. The van der Waals surface area contributed by atoms with Gasteiger partial charge in [0.15, 0.2) is 11.6 Å². The average molecular weight is 394 g/mol. The molecule has 2 nitrogen and oxygen atoms in total. The van der Waals surface area contributed by atoms with E-state index in [0.717, 1.165) is 11.1 Å². The summed E-state index contributed by atoms with van der Waals surface area (Å²) in [4.78, 5) is 0. The normalized spacial score (nSPS) is 11.7. The van der Waals surface area contributed by atoms with E-state index in [1.165, 1.54) is 18.2 Å². The molecule has 0 fully saturated rings. The fourth-order valence-electron chi connectivity index (χ4n) is 2.71. The maximum Gasteiger partial charge on any atom is 0.165 e. The molecule has 0 radical (unpaired) electrons. The van der Waals surface area contributed by atoms with E-state index >= 15 is 0 Å². The van der Waals surface area contributed by atoms with Crippen LogP contribution < -0.4 is 4.74 Å². The second-order valence-electron chi connectivity index (χ2n) is 7.55. The Labute approximate surface area is 170 Å². The van der Waals surface area contributed by atoms with Gasteiger partial charge in [-0.15, -0.1) is 0 Å². The van der Waals surface area contributed by atoms with Gasteiger partial charge in [0.25, 0.3) is 0 Å². The minimum Gasteiger partial charge on any atom is -0.454 e. The van der Waals surface area contributed by atoms with E-state index in [9.17, 15) is 8.78 Å². The van der Waals surface area contributed by atoms with Crippen molar-refractivity contribution in [2.45, 2.75) is 20.5 Å². The van der Waals surface area contributed by atoms with Crippen molar-refractivity contribution in [3.63, 3.8) is 0 Å². The summed E-state index contributed by atoms with van der Waals surface area (Å²) in [5.74, 6) is 0.0871. The lowest BCUT2D eigenvalue weighted by molar-refractivity contribution is 0.0719. The highest BCUT2D eigenvalue weighted by Crippen LogP contribution is 2.26. The standard InChI is InChI=1S/C25H24F2O2/c1-25(2,15-14-19-8-11-21(26)12-9-19)18-28-17-20-10-13-23(27)24(16-20)29-22-6-4-3-5-7-22/h3-16H,17-18H2,1-2H3/b15-14-. The summed E-state index contributed by atoms with van der Waals surface area (Å²) in [7, 11) is 0. The first-order chi connectivity index (χ1) is 13.9. The monoisotopic (exact) mass is 394 g/mol. The van der Waals surface area contributed by atoms with Gasteiger partial charge in [0.1, 0.15) is 11.6 Å². The molecule has 0 amide bonds. The van der Waals surface area contributed by atoms with Gasteiger partial charge in [0, 0.05) is 5.41 Å². The number of ether oxygens (including phenoxy) is 2. The Kier molecular flexibility index (Phi) is 6.78. The highest BCUT2D eigenvalue weighted by molar-refractivity contribution is 5.49. The van der Waals surface area contributed by atoms with Crippen LogP contribution in [0.1, 0.15) is 25.0 Å². The average Bonchev–Trinajstić information content (AvgIpc) is 2.71. The van der Waals surface area contributed by atoms with E-state index in [1.807, 2.05) is 30.4 Å². The molecule has 0 atom stereocenters. The van der Waals surface area contributed by atoms with Gasteiger partial charge in [-0.2, -0.15) is 0 Å². The van der Waals surface area contributed by atoms with Gasteiger partial charge in [-0.3, -0.25) is 0 Å². The maximum atomic E-state index is 14.1. The van der Waals surface area contributed by atoms with Crippen molar-refractivity contribution in [1.82, 2.24) is 0 Å². The molecule has 0 spiro atoms. The van der Waals surface area contributed by atoms with Crippen molar-refractivity contribution in [1.29, 1.82) is 0 Å². The lowest BCUT2D eigenvalue weighted by atomic mass is 9.93. The third-order valence-corrected chi connectivity index (χ3v) is 4.31. The largest absolute Gasteiger partial charge is 0.454 e. The molecule has 150 valence electrons. The lowest BCUT2D eigenvalue weighted by Gasteiger charge is -2.20. The summed E-state index contributed by atoms with van der Waals surface area (Å²) in [5.41, 5.74) is 1.55. The van der Waals surface area contributed by atoms with Crippen LogP contribution in [0.3, 0.4) is 0 Å². The Morgan fingerprint density at radius 1 is 0.897 bits per heavy atom. The van der Waals surface area contributed by atoms with Gasteiger partial charge >= 0.3 is 0 Å². The summed E-state index contributed by atoms with van der Waals surface area (Å²) >= 11 is 0. The second-order valence-corrected chi connectivity index (χ2v) is 7.55. The van der Waals surface area contributed by atoms with Crippen molar-refractivity contribution in [3.05, 3.63) is 102 Å². The number of hydrogen-bond donors (Lipinski definition) is 0. The molecule has 0 aliphatic rings. The molecule has 4 heteroatoms. The molecule has 0 heterocycles. The molecule has 3 aromatic rings. The van der Waals surface area contributed by atoms with E-state index in [0.29, 0.717) is 19.0 Å². The van der Waals surface area contributed by atoms with Crippen LogP contribution in [0.4, 0.5) is 8.78 Å². The molecule has 0 saturated carbocycles. The fourth-order valence-corrected chi connectivity index (χ4v) is 2.71. The molecule has 0 bridgehead atoms. The number of rotatable bonds is 8. The van der Waals surface area contributed by atoms with Crippen LogP contribution in [-0.2, 0) is 11.3 Å². The molecule has 0 aliphatic carbocycles. The van der Waals surface area contributed by atoms with E-state index in [1.54, 1.807) is 36.4 Å². The first kappa shape index (κ1) is 20.7. The maximum absolute atomic E-state index is 14.1. The first-order valence-corrected chi connectivity index (χ1v) is 9.45. The smallest absolute Gasteiger partial charge is 0.165 e. The van der Waals surface area contributed by atoms with Gasteiger partial charge in [0.05, 0.1) is 13.2 Å². The van der Waals surface area contributed by atoms with Crippen LogP contribution in [0.2, 0.25) is 0 Å². The minimum atomic E-state index is -0.417. The molecule has 0 unspecified atom stereocenters. The van der Waals surface area contributed by atoms with Crippen molar-refractivity contribution < 1.29 is 18.3 Å². The fraction of sp³-hybridized carbons (Fsp3) is 0.200. The molecule has 0 saturated heterocycles. The van der Waals surface area contributed by atoms with Crippen molar-refractivity contribution in [2.75, 3.05) is 6.61 Å². The van der Waals surface area contributed by atoms with Crippen LogP contribution in [0, 0.1) is 17.0 Å². The van der Waals surface area contributed by atoms with Crippen molar-refractivity contribution in [2.24, 2.45) is 5.41 Å². The highest BCUT2D eigenvalue weighted by Gasteiger charge is 2.14. The Balaban J connectivity index is 1.56. The van der Waals surface area contributed by atoms with Gasteiger partial charge in [-0.1, -0.05) is 62.4 Å². The van der Waals surface area contributed by atoms with Gasteiger partial charge in [0.2, 0.25) is 0 Å². The lowest BCUT2D eigenvalue weighted by Crippen LogP contribution is -2.16. The molecular formula is C25H24F2O2. The summed E-state index contributed by atoms with van der Waals surface area (Å²) in [6, 6.07) is 20.2. The Morgan fingerprint density at radius 2 is 1.62 bits per heavy atom. The van der Waals surface area contributed by atoms with Crippen molar-refractivity contribution >= 4 is 6.08 Å². The molecule has 3 aromatic carbocycles. The van der Waals surface area contributed by atoms with Crippen LogP contribution in [0.25, 0.3) is 6.08 Å². The van der Waals surface area contributed by atoms with Gasteiger partial charge in [-0.05, 0) is 47.5 Å². The molecule has 29 heavy (non-hydrogen) atoms. The van der Waals surface area contributed by atoms with E-state index < -0.39 is 5.82 Å². The van der Waals surface area contributed by atoms with Crippen LogP contribution in [0.15, 0.2) is 78.9 Å². The Morgan fingerprint density at radius 3 is 2.34 bits per heavy atom. The third kappa shape index (κ3) is 6.54. The summed E-state index contributed by atoms with van der Waals surface area (Å²) in [6.45, 7) is 4.94.